The fourth-order valence-corrected chi connectivity index (χ4v) is 9.37. The maximum atomic E-state index is 14.6. The largest absolute Gasteiger partial charge is 0.507 e. The van der Waals surface area contributed by atoms with Crippen LogP contribution in [0.5, 0.6) is 5.75 Å². The Kier molecular flexibility index (Phi) is 9.27. The molecule has 7 nitrogen and oxygen atoms in total. The van der Waals surface area contributed by atoms with Crippen molar-refractivity contribution in [3.63, 3.8) is 0 Å². The summed E-state index contributed by atoms with van der Waals surface area (Å²) in [4.78, 5) is 69.7. The highest BCUT2D eigenvalue weighted by molar-refractivity contribution is 6.32. The van der Waals surface area contributed by atoms with Gasteiger partial charge in [0.2, 0.25) is 0 Å². The van der Waals surface area contributed by atoms with Crippen LogP contribution in [-0.4, -0.2) is 44.7 Å². The van der Waals surface area contributed by atoms with E-state index < -0.39 is 63.1 Å². The van der Waals surface area contributed by atoms with Crippen molar-refractivity contribution in [1.82, 2.24) is 0 Å². The number of rotatable bonds is 8. The van der Waals surface area contributed by atoms with Gasteiger partial charge in [0.15, 0.2) is 28.7 Å². The number of carbonyl (C=O) groups excluding carboxylic acids is 5. The molecule has 46 heavy (non-hydrogen) atoms. The number of hydrogen-bond acceptors (Lipinski definition) is 7. The van der Waals surface area contributed by atoms with Gasteiger partial charge in [0, 0.05) is 11.3 Å². The van der Waals surface area contributed by atoms with Gasteiger partial charge in [0.25, 0.3) is 0 Å². The van der Waals surface area contributed by atoms with Crippen LogP contribution in [0.4, 0.5) is 0 Å². The van der Waals surface area contributed by atoms with Crippen molar-refractivity contribution in [3.05, 3.63) is 28.3 Å². The van der Waals surface area contributed by atoms with Gasteiger partial charge in [-0.2, -0.15) is 0 Å². The lowest BCUT2D eigenvalue weighted by Gasteiger charge is -2.62. The second-order valence-corrected chi connectivity index (χ2v) is 18.1. The number of carbonyl (C=O) groups is 5. The highest BCUT2D eigenvalue weighted by Gasteiger charge is 2.76. The maximum Gasteiger partial charge on any atom is 0.190 e. The average Bonchev–Trinajstić information content (AvgIpc) is 2.86. The summed E-state index contributed by atoms with van der Waals surface area (Å²) in [6.45, 7) is 21.2. The van der Waals surface area contributed by atoms with Gasteiger partial charge in [-0.25, -0.2) is 0 Å². The normalized spacial score (nSPS) is 31.5. The van der Waals surface area contributed by atoms with Crippen LogP contribution in [0.15, 0.2) is 6.07 Å². The number of aryl methyl sites for hydroxylation is 2. The molecule has 6 atom stereocenters. The molecule has 3 aliphatic rings. The Labute approximate surface area is 275 Å². The minimum atomic E-state index is -2.68. The van der Waals surface area contributed by atoms with Crippen molar-refractivity contribution in [2.75, 3.05) is 0 Å². The summed E-state index contributed by atoms with van der Waals surface area (Å²) in [6, 6.07) is 2.04. The van der Waals surface area contributed by atoms with E-state index in [1.165, 1.54) is 0 Å². The third kappa shape index (κ3) is 5.84. The van der Waals surface area contributed by atoms with E-state index in [1.54, 1.807) is 20.8 Å². The van der Waals surface area contributed by atoms with E-state index in [2.05, 4.69) is 41.5 Å². The topological polar surface area (TPSA) is 126 Å². The zero-order valence-electron chi connectivity index (χ0n) is 30.0. The van der Waals surface area contributed by atoms with E-state index in [0.29, 0.717) is 24.8 Å². The highest BCUT2D eigenvalue weighted by Crippen LogP contribution is 2.64. The number of hydrogen-bond donors (Lipinski definition) is 2. The molecule has 7 heteroatoms. The molecule has 0 bridgehead atoms. The molecule has 0 amide bonds. The first-order valence-corrected chi connectivity index (χ1v) is 17.2. The van der Waals surface area contributed by atoms with E-state index in [-0.39, 0.29) is 34.5 Å². The van der Waals surface area contributed by atoms with Crippen LogP contribution in [0.2, 0.25) is 0 Å². The first kappa shape index (κ1) is 36.2. The molecule has 3 unspecified atom stereocenters. The number of phenols is 1. The quantitative estimate of drug-likeness (QED) is 0.300. The first-order chi connectivity index (χ1) is 20.9. The summed E-state index contributed by atoms with van der Waals surface area (Å²) in [7, 11) is 0. The van der Waals surface area contributed by atoms with Gasteiger partial charge in [0.1, 0.15) is 17.5 Å². The van der Waals surface area contributed by atoms with E-state index in [4.69, 9.17) is 0 Å². The molecule has 0 spiro atoms. The molecule has 0 aromatic heterocycles. The summed E-state index contributed by atoms with van der Waals surface area (Å²) in [6.07, 6.45) is 5.24. The number of aliphatic hydroxyl groups is 1. The third-order valence-electron chi connectivity index (χ3n) is 11.3. The van der Waals surface area contributed by atoms with Gasteiger partial charge in [0.05, 0.1) is 11.5 Å². The van der Waals surface area contributed by atoms with Crippen LogP contribution in [0, 0.1) is 45.3 Å². The second kappa shape index (κ2) is 11.8. The Hall–Kier alpha value is -2.67. The SMILES string of the molecule is CC(=O)C1C(=O)C(C(C)C)[C@@]2(C)C[C@@]3(C)Cc4c(CCCC(C)(C)C)cc(CCCC(C)(C)C)c(O)c4C(=O)C3C(=O)[C@@]2(O)C1=O. The average molecular weight is 637 g/mol. The summed E-state index contributed by atoms with van der Waals surface area (Å²) < 4.78 is 0. The number of benzene rings is 1. The van der Waals surface area contributed by atoms with Crippen molar-refractivity contribution < 1.29 is 34.2 Å². The van der Waals surface area contributed by atoms with Gasteiger partial charge in [-0.05, 0) is 97.1 Å². The van der Waals surface area contributed by atoms with Crippen LogP contribution in [0.1, 0.15) is 135 Å². The molecule has 1 aromatic carbocycles. The van der Waals surface area contributed by atoms with Crippen molar-refractivity contribution in [2.45, 2.75) is 133 Å². The lowest BCUT2D eigenvalue weighted by molar-refractivity contribution is -0.205. The van der Waals surface area contributed by atoms with Crippen molar-refractivity contribution in [3.8, 4) is 5.75 Å². The summed E-state index contributed by atoms with van der Waals surface area (Å²) in [5, 5.41) is 24.0. The van der Waals surface area contributed by atoms with Crippen LogP contribution in [-0.2, 0) is 38.4 Å². The smallest absolute Gasteiger partial charge is 0.190 e. The maximum absolute atomic E-state index is 14.6. The predicted molar refractivity (Wildman–Crippen MR) is 178 cm³/mol. The van der Waals surface area contributed by atoms with Crippen molar-refractivity contribution in [1.29, 1.82) is 0 Å². The van der Waals surface area contributed by atoms with Gasteiger partial charge >= 0.3 is 0 Å². The summed E-state index contributed by atoms with van der Waals surface area (Å²) in [5.74, 6) is -8.47. The van der Waals surface area contributed by atoms with Gasteiger partial charge < -0.3 is 10.2 Å². The molecule has 0 heterocycles. The number of phenolic OH excluding ortho intramolecular Hbond substituents is 1. The second-order valence-electron chi connectivity index (χ2n) is 18.1. The molecule has 0 radical (unpaired) electrons. The number of Topliss-reactive ketones (excluding diaryl/α,β-unsaturated/α-hetero) is 5. The first-order valence-electron chi connectivity index (χ1n) is 17.2. The number of ketones is 5. The van der Waals surface area contributed by atoms with Crippen molar-refractivity contribution >= 4 is 28.9 Å². The standard InChI is InChI=1S/C39H56O7/c1-21(2)28-31(42)26(22(3)40)33(44)39(46)34(45)29-32(43)27-25(19-37(29,10)20-38(28,39)11)23(14-12-16-35(4,5)6)18-24(30(27)41)15-13-17-36(7,8)9/h18,21,26,28-29,41,46H,12-17,19-20H2,1-11H3/t26?,28?,29?,37-,38-,39+/m1/s1. The van der Waals surface area contributed by atoms with E-state index in [0.717, 1.165) is 43.7 Å². The fourth-order valence-electron chi connectivity index (χ4n) is 9.37. The van der Waals surface area contributed by atoms with Gasteiger partial charge in [-0.15, -0.1) is 0 Å². The molecule has 2 saturated carbocycles. The Morgan fingerprint density at radius 1 is 0.913 bits per heavy atom. The number of aromatic hydroxyl groups is 1. The zero-order chi connectivity index (χ0) is 34.9. The molecule has 0 saturated heterocycles. The van der Waals surface area contributed by atoms with Crippen LogP contribution in [0.3, 0.4) is 0 Å². The Morgan fingerprint density at radius 2 is 1.43 bits per heavy atom. The van der Waals surface area contributed by atoms with E-state index >= 15 is 0 Å². The molecule has 0 aliphatic heterocycles. The molecular formula is C39H56O7. The third-order valence-corrected chi connectivity index (χ3v) is 11.3. The molecule has 2 N–H and O–H groups in total. The summed E-state index contributed by atoms with van der Waals surface area (Å²) >= 11 is 0. The molecule has 4 rings (SSSR count). The molecular weight excluding hydrogens is 580 g/mol. The lowest BCUT2D eigenvalue weighted by Crippen LogP contribution is -2.76. The summed E-state index contributed by atoms with van der Waals surface area (Å²) in [5.41, 5.74) is -2.46. The van der Waals surface area contributed by atoms with Gasteiger partial charge in [-0.1, -0.05) is 75.3 Å². The van der Waals surface area contributed by atoms with Crippen LogP contribution >= 0.6 is 0 Å². The van der Waals surface area contributed by atoms with E-state index in [9.17, 15) is 34.2 Å². The molecule has 3 aliphatic carbocycles. The highest BCUT2D eigenvalue weighted by atomic mass is 16.3. The Bertz CT molecular complexity index is 1470. The minimum absolute atomic E-state index is 0.0680. The Morgan fingerprint density at radius 3 is 1.91 bits per heavy atom. The van der Waals surface area contributed by atoms with Crippen LogP contribution in [0.25, 0.3) is 0 Å². The number of fused-ring (bicyclic) bond motifs is 3. The predicted octanol–water partition coefficient (Wildman–Crippen LogP) is 6.83. The van der Waals surface area contributed by atoms with Gasteiger partial charge in [-0.3, -0.25) is 24.0 Å². The van der Waals surface area contributed by atoms with Crippen LogP contribution < -0.4 is 0 Å². The lowest BCUT2D eigenvalue weighted by atomic mass is 9.39. The Balaban J connectivity index is 1.90. The fraction of sp³-hybridized carbons (Fsp3) is 0.718. The molecule has 2 fully saturated rings. The van der Waals surface area contributed by atoms with E-state index in [1.807, 2.05) is 13.0 Å². The monoisotopic (exact) mass is 636 g/mol. The zero-order valence-corrected chi connectivity index (χ0v) is 30.0. The molecule has 254 valence electrons. The molecule has 1 aromatic rings. The van der Waals surface area contributed by atoms with Crippen molar-refractivity contribution in [2.24, 2.45) is 45.3 Å². The minimum Gasteiger partial charge on any atom is -0.507 e.